The van der Waals surface area contributed by atoms with Crippen LogP contribution in [0.1, 0.15) is 5.56 Å². The number of rotatable bonds is 3. The van der Waals surface area contributed by atoms with Crippen LogP contribution in [0.3, 0.4) is 0 Å². The number of nitrogens with zero attached hydrogens (tertiary/aromatic N) is 2. The molecule has 1 saturated heterocycles. The van der Waals surface area contributed by atoms with E-state index in [9.17, 15) is 23.1 Å². The fraction of sp³-hybridized carbons (Fsp3) is 0.500. The first-order valence-electron chi connectivity index (χ1n) is 6.66. The molecule has 0 aliphatic carbocycles. The summed E-state index contributed by atoms with van der Waals surface area (Å²) in [6, 6.07) is 8.71. The van der Waals surface area contributed by atoms with Gasteiger partial charge in [0.1, 0.15) is 0 Å². The predicted molar refractivity (Wildman–Crippen MR) is 70.4 cm³/mol. The lowest BCUT2D eigenvalue weighted by molar-refractivity contribution is -0.191. The molecule has 0 spiro atoms. The van der Waals surface area contributed by atoms with Gasteiger partial charge in [-0.1, -0.05) is 30.3 Å². The lowest BCUT2D eigenvalue weighted by Gasteiger charge is -2.40. The highest BCUT2D eigenvalue weighted by atomic mass is 19.4. The van der Waals surface area contributed by atoms with E-state index in [2.05, 4.69) is 0 Å². The summed E-state index contributed by atoms with van der Waals surface area (Å²) in [5, 5.41) is 9.27. The topological polar surface area (TPSA) is 43.8 Å². The van der Waals surface area contributed by atoms with E-state index in [1.807, 2.05) is 35.2 Å². The van der Waals surface area contributed by atoms with Crippen LogP contribution in [0, 0.1) is 0 Å². The second-order valence-electron chi connectivity index (χ2n) is 5.05. The number of amides is 1. The standard InChI is InChI=1S/C14H17F3N2O2/c15-14(16,17)13(21)19-7-6-18(9-12(19)10-20)8-11-4-2-1-3-5-11/h1-5,12,20H,6-10H2. The Balaban J connectivity index is 2.00. The van der Waals surface area contributed by atoms with Gasteiger partial charge in [0.05, 0.1) is 12.6 Å². The predicted octanol–water partition coefficient (Wildman–Crippen LogP) is 1.25. The van der Waals surface area contributed by atoms with Crippen LogP contribution in [0.15, 0.2) is 30.3 Å². The lowest BCUT2D eigenvalue weighted by atomic mass is 10.1. The highest BCUT2D eigenvalue weighted by Gasteiger charge is 2.45. The molecule has 1 unspecified atom stereocenters. The third-order valence-corrected chi connectivity index (χ3v) is 3.53. The Labute approximate surface area is 120 Å². The first-order valence-corrected chi connectivity index (χ1v) is 6.66. The third kappa shape index (κ3) is 3.95. The number of alkyl halides is 3. The Hall–Kier alpha value is -1.60. The second kappa shape index (κ2) is 6.44. The first-order chi connectivity index (χ1) is 9.91. The molecule has 1 aliphatic rings. The molecule has 1 heterocycles. The average molecular weight is 302 g/mol. The van der Waals surface area contributed by atoms with Gasteiger partial charge in [0, 0.05) is 26.2 Å². The fourth-order valence-electron chi connectivity index (χ4n) is 2.49. The van der Waals surface area contributed by atoms with Crippen LogP contribution >= 0.6 is 0 Å². The number of halogens is 3. The molecule has 1 aromatic carbocycles. The Morgan fingerprint density at radius 2 is 1.90 bits per heavy atom. The van der Waals surface area contributed by atoms with Gasteiger partial charge in [0.25, 0.3) is 0 Å². The van der Waals surface area contributed by atoms with Crippen LogP contribution in [0.2, 0.25) is 0 Å². The summed E-state index contributed by atoms with van der Waals surface area (Å²) in [6.07, 6.45) is -4.89. The van der Waals surface area contributed by atoms with Gasteiger partial charge in [-0.2, -0.15) is 13.2 Å². The van der Waals surface area contributed by atoms with Gasteiger partial charge in [-0.05, 0) is 5.56 Å². The van der Waals surface area contributed by atoms with Crippen LogP contribution in [-0.4, -0.2) is 59.3 Å². The zero-order valence-electron chi connectivity index (χ0n) is 11.4. The largest absolute Gasteiger partial charge is 0.471 e. The van der Waals surface area contributed by atoms with Crippen molar-refractivity contribution in [3.63, 3.8) is 0 Å². The number of piperazine rings is 1. The molecule has 1 aromatic rings. The van der Waals surface area contributed by atoms with Gasteiger partial charge in [-0.25, -0.2) is 0 Å². The Kier molecular flexibility index (Phi) is 4.84. The van der Waals surface area contributed by atoms with Gasteiger partial charge in [0.15, 0.2) is 0 Å². The number of carbonyl (C=O) groups is 1. The summed E-state index contributed by atoms with van der Waals surface area (Å²) < 4.78 is 37.5. The van der Waals surface area contributed by atoms with E-state index in [0.717, 1.165) is 10.5 Å². The molecule has 1 amide bonds. The summed E-state index contributed by atoms with van der Waals surface area (Å²) in [6.45, 7) is 0.662. The SMILES string of the molecule is O=C(N1CCN(Cc2ccccc2)CC1CO)C(F)(F)F. The highest BCUT2D eigenvalue weighted by Crippen LogP contribution is 2.22. The van der Waals surface area contributed by atoms with Crippen LogP contribution < -0.4 is 0 Å². The van der Waals surface area contributed by atoms with Crippen molar-refractivity contribution in [2.24, 2.45) is 0 Å². The third-order valence-electron chi connectivity index (χ3n) is 3.53. The minimum atomic E-state index is -4.89. The first kappa shape index (κ1) is 15.8. The molecule has 0 saturated carbocycles. The molecule has 1 N–H and O–H groups in total. The summed E-state index contributed by atoms with van der Waals surface area (Å²) in [7, 11) is 0. The van der Waals surface area contributed by atoms with E-state index in [0.29, 0.717) is 13.1 Å². The zero-order chi connectivity index (χ0) is 15.5. The number of aliphatic hydroxyl groups excluding tert-OH is 1. The van der Waals surface area contributed by atoms with Gasteiger partial charge in [0.2, 0.25) is 0 Å². The van der Waals surface area contributed by atoms with E-state index in [1.165, 1.54) is 0 Å². The van der Waals surface area contributed by atoms with Crippen molar-refractivity contribution < 1.29 is 23.1 Å². The summed E-state index contributed by atoms with van der Waals surface area (Å²) in [5.74, 6) is -1.87. The van der Waals surface area contributed by atoms with Crippen molar-refractivity contribution in [2.75, 3.05) is 26.2 Å². The minimum absolute atomic E-state index is 0.0313. The smallest absolute Gasteiger partial charge is 0.394 e. The highest BCUT2D eigenvalue weighted by molar-refractivity contribution is 5.82. The number of hydrogen-bond acceptors (Lipinski definition) is 3. The number of benzene rings is 1. The Morgan fingerprint density at radius 3 is 2.48 bits per heavy atom. The van der Waals surface area contributed by atoms with Crippen molar-refractivity contribution >= 4 is 5.91 Å². The quantitative estimate of drug-likeness (QED) is 0.914. The van der Waals surface area contributed by atoms with E-state index < -0.39 is 24.7 Å². The molecule has 21 heavy (non-hydrogen) atoms. The van der Waals surface area contributed by atoms with Crippen LogP contribution in [-0.2, 0) is 11.3 Å². The van der Waals surface area contributed by atoms with Crippen LogP contribution in [0.5, 0.6) is 0 Å². The van der Waals surface area contributed by atoms with Gasteiger partial charge >= 0.3 is 12.1 Å². The molecular weight excluding hydrogens is 285 g/mol. The monoisotopic (exact) mass is 302 g/mol. The summed E-state index contributed by atoms with van der Waals surface area (Å²) >= 11 is 0. The number of aliphatic hydroxyl groups is 1. The molecule has 1 fully saturated rings. The summed E-state index contributed by atoms with van der Waals surface area (Å²) in [4.78, 5) is 14.0. The van der Waals surface area contributed by atoms with Gasteiger partial charge in [-0.3, -0.25) is 9.69 Å². The van der Waals surface area contributed by atoms with Crippen molar-refractivity contribution in [3.8, 4) is 0 Å². The molecule has 0 aromatic heterocycles. The number of hydrogen-bond donors (Lipinski definition) is 1. The molecule has 1 aliphatic heterocycles. The molecule has 0 bridgehead atoms. The van der Waals surface area contributed by atoms with Gasteiger partial charge in [-0.15, -0.1) is 0 Å². The fourth-order valence-corrected chi connectivity index (χ4v) is 2.49. The molecule has 116 valence electrons. The Bertz CT molecular complexity index is 479. The van der Waals surface area contributed by atoms with Gasteiger partial charge < -0.3 is 10.0 Å². The van der Waals surface area contributed by atoms with E-state index >= 15 is 0 Å². The van der Waals surface area contributed by atoms with Crippen molar-refractivity contribution in [3.05, 3.63) is 35.9 Å². The minimum Gasteiger partial charge on any atom is -0.394 e. The van der Waals surface area contributed by atoms with Crippen LogP contribution in [0.25, 0.3) is 0 Å². The maximum atomic E-state index is 12.5. The molecular formula is C14H17F3N2O2. The molecule has 4 nitrogen and oxygen atoms in total. The molecule has 0 radical (unpaired) electrons. The zero-order valence-corrected chi connectivity index (χ0v) is 11.4. The molecule has 7 heteroatoms. The average Bonchev–Trinajstić information content (AvgIpc) is 2.46. The molecule has 2 rings (SSSR count). The maximum absolute atomic E-state index is 12.5. The van der Waals surface area contributed by atoms with Crippen molar-refractivity contribution in [1.29, 1.82) is 0 Å². The number of carbonyl (C=O) groups excluding carboxylic acids is 1. The lowest BCUT2D eigenvalue weighted by Crippen LogP contribution is -2.59. The maximum Gasteiger partial charge on any atom is 0.471 e. The van der Waals surface area contributed by atoms with Crippen molar-refractivity contribution in [1.82, 2.24) is 9.80 Å². The second-order valence-corrected chi connectivity index (χ2v) is 5.05. The van der Waals surface area contributed by atoms with E-state index in [-0.39, 0.29) is 13.1 Å². The van der Waals surface area contributed by atoms with E-state index in [1.54, 1.807) is 0 Å². The normalized spacial score (nSPS) is 20.6. The van der Waals surface area contributed by atoms with Crippen molar-refractivity contribution in [2.45, 2.75) is 18.8 Å². The molecule has 1 atom stereocenters. The van der Waals surface area contributed by atoms with Crippen LogP contribution in [0.4, 0.5) is 13.2 Å². The Morgan fingerprint density at radius 1 is 1.24 bits per heavy atom. The van der Waals surface area contributed by atoms with E-state index in [4.69, 9.17) is 0 Å². The summed E-state index contributed by atoms with van der Waals surface area (Å²) in [5.41, 5.74) is 1.05.